The Morgan fingerprint density at radius 3 is 2.55 bits per heavy atom. The molecule has 4 nitrogen and oxygen atoms in total. The zero-order valence-corrected chi connectivity index (χ0v) is 13.1. The van der Waals surface area contributed by atoms with Crippen LogP contribution >= 0.6 is 11.6 Å². The van der Waals surface area contributed by atoms with Gasteiger partial charge in [-0.25, -0.2) is 0 Å². The molecular formula is C15H22ClNO3. The summed E-state index contributed by atoms with van der Waals surface area (Å²) in [5.41, 5.74) is 0.949. The van der Waals surface area contributed by atoms with E-state index in [1.807, 2.05) is 12.1 Å². The van der Waals surface area contributed by atoms with E-state index in [2.05, 4.69) is 19.2 Å². The minimum absolute atomic E-state index is 0.0830. The maximum absolute atomic E-state index is 9.74. The summed E-state index contributed by atoms with van der Waals surface area (Å²) in [6, 6.07) is 4.10. The largest absolute Gasteiger partial charge is 0.493 e. The first-order valence-electron chi connectivity index (χ1n) is 6.72. The van der Waals surface area contributed by atoms with Crippen LogP contribution in [0.2, 0.25) is 5.02 Å². The number of aliphatic hydroxyl groups is 1. The second kappa shape index (κ2) is 5.80. The molecule has 2 N–H and O–H groups in total. The predicted octanol–water partition coefficient (Wildman–Crippen LogP) is 2.61. The fraction of sp³-hybridized carbons (Fsp3) is 0.600. The van der Waals surface area contributed by atoms with Crippen LogP contribution in [0, 0.1) is 5.41 Å². The molecule has 0 aliphatic heterocycles. The summed E-state index contributed by atoms with van der Waals surface area (Å²) in [5.74, 6) is 1.18. The van der Waals surface area contributed by atoms with Crippen LogP contribution in [-0.4, -0.2) is 31.5 Å². The first-order chi connectivity index (χ1) is 9.40. The summed E-state index contributed by atoms with van der Waals surface area (Å²) < 4.78 is 10.5. The van der Waals surface area contributed by atoms with Crippen molar-refractivity contribution in [3.05, 3.63) is 22.7 Å². The van der Waals surface area contributed by atoms with Crippen LogP contribution < -0.4 is 14.8 Å². The normalized spacial score (nSPS) is 24.1. The van der Waals surface area contributed by atoms with Gasteiger partial charge in [0.2, 0.25) is 0 Å². The number of methoxy groups -OCH3 is 2. The van der Waals surface area contributed by atoms with E-state index in [4.69, 9.17) is 21.1 Å². The van der Waals surface area contributed by atoms with Crippen LogP contribution in [0.3, 0.4) is 0 Å². The third-order valence-corrected chi connectivity index (χ3v) is 4.54. The molecule has 0 amide bonds. The van der Waals surface area contributed by atoms with Gasteiger partial charge >= 0.3 is 0 Å². The molecule has 2 unspecified atom stereocenters. The number of rotatable bonds is 5. The van der Waals surface area contributed by atoms with E-state index < -0.39 is 0 Å². The molecule has 1 fully saturated rings. The van der Waals surface area contributed by atoms with Crippen LogP contribution in [0.1, 0.15) is 25.8 Å². The average molecular weight is 300 g/mol. The first kappa shape index (κ1) is 15.4. The van der Waals surface area contributed by atoms with Crippen molar-refractivity contribution in [2.45, 2.75) is 39.0 Å². The van der Waals surface area contributed by atoms with Crippen molar-refractivity contribution in [2.24, 2.45) is 5.41 Å². The van der Waals surface area contributed by atoms with Gasteiger partial charge in [0.1, 0.15) is 0 Å². The van der Waals surface area contributed by atoms with Crippen molar-refractivity contribution in [2.75, 3.05) is 14.2 Å². The standard InChI is InChI=1S/C15H22ClNO3/c1-15(2)12(7-13(15)18)17-8-9-5-10(16)14(20-4)11(6-9)19-3/h5-6,12-13,17-18H,7-8H2,1-4H3. The number of hydrogen-bond donors (Lipinski definition) is 2. The third kappa shape index (κ3) is 2.73. The first-order valence-corrected chi connectivity index (χ1v) is 7.09. The minimum Gasteiger partial charge on any atom is -0.493 e. The highest BCUT2D eigenvalue weighted by Gasteiger charge is 2.46. The molecule has 0 aromatic heterocycles. The number of nitrogens with one attached hydrogen (secondary N) is 1. The summed E-state index contributed by atoms with van der Waals surface area (Å²) >= 11 is 6.18. The Morgan fingerprint density at radius 2 is 2.05 bits per heavy atom. The van der Waals surface area contributed by atoms with E-state index in [0.717, 1.165) is 12.0 Å². The van der Waals surface area contributed by atoms with Gasteiger partial charge < -0.3 is 19.9 Å². The number of hydrogen-bond acceptors (Lipinski definition) is 4. The topological polar surface area (TPSA) is 50.7 Å². The Bertz CT molecular complexity index is 490. The predicted molar refractivity (Wildman–Crippen MR) is 79.6 cm³/mol. The number of benzene rings is 1. The highest BCUT2D eigenvalue weighted by Crippen LogP contribution is 2.41. The zero-order valence-electron chi connectivity index (χ0n) is 12.4. The van der Waals surface area contributed by atoms with Crippen molar-refractivity contribution in [3.63, 3.8) is 0 Å². The average Bonchev–Trinajstić information content (AvgIpc) is 2.42. The molecule has 1 aromatic carbocycles. The van der Waals surface area contributed by atoms with Gasteiger partial charge in [-0.1, -0.05) is 25.4 Å². The molecule has 1 aromatic rings. The molecule has 0 radical (unpaired) electrons. The van der Waals surface area contributed by atoms with Crippen molar-refractivity contribution in [1.82, 2.24) is 5.32 Å². The monoisotopic (exact) mass is 299 g/mol. The summed E-state index contributed by atoms with van der Waals surface area (Å²) in [5, 5.41) is 13.7. The molecule has 1 saturated carbocycles. The van der Waals surface area contributed by atoms with Crippen molar-refractivity contribution in [1.29, 1.82) is 0 Å². The van der Waals surface area contributed by atoms with Gasteiger partial charge in [0.15, 0.2) is 11.5 Å². The SMILES string of the molecule is COc1cc(CNC2CC(O)C2(C)C)cc(Cl)c1OC. The zero-order chi connectivity index (χ0) is 14.9. The molecule has 20 heavy (non-hydrogen) atoms. The summed E-state index contributed by atoms with van der Waals surface area (Å²) in [7, 11) is 3.16. The van der Waals surface area contributed by atoms with Gasteiger partial charge in [0.25, 0.3) is 0 Å². The Balaban J connectivity index is 2.06. The molecule has 1 aliphatic carbocycles. The van der Waals surface area contributed by atoms with Gasteiger partial charge in [-0.3, -0.25) is 0 Å². The van der Waals surface area contributed by atoms with Crippen molar-refractivity contribution < 1.29 is 14.6 Å². The van der Waals surface area contributed by atoms with E-state index in [-0.39, 0.29) is 11.5 Å². The highest BCUT2D eigenvalue weighted by molar-refractivity contribution is 6.32. The summed E-state index contributed by atoms with van der Waals surface area (Å²) in [6.07, 6.45) is 0.558. The minimum atomic E-state index is -0.228. The molecule has 0 spiro atoms. The lowest BCUT2D eigenvalue weighted by Gasteiger charge is -2.49. The summed E-state index contributed by atoms with van der Waals surface area (Å²) in [4.78, 5) is 0. The Kier molecular flexibility index (Phi) is 4.47. The molecule has 0 bridgehead atoms. The second-order valence-corrected chi connectivity index (χ2v) is 6.23. The van der Waals surface area contributed by atoms with Gasteiger partial charge in [0.05, 0.1) is 25.3 Å². The second-order valence-electron chi connectivity index (χ2n) is 5.82. The lowest BCUT2D eigenvalue weighted by Crippen LogP contribution is -2.59. The molecule has 112 valence electrons. The van der Waals surface area contributed by atoms with Crippen LogP contribution in [-0.2, 0) is 6.54 Å². The van der Waals surface area contributed by atoms with E-state index in [0.29, 0.717) is 29.1 Å². The molecule has 2 atom stereocenters. The fourth-order valence-electron chi connectivity index (χ4n) is 2.56. The Labute approximate surface area is 125 Å². The number of ether oxygens (including phenoxy) is 2. The van der Waals surface area contributed by atoms with Gasteiger partial charge in [-0.05, 0) is 24.1 Å². The van der Waals surface area contributed by atoms with E-state index in [9.17, 15) is 5.11 Å². The molecule has 2 rings (SSSR count). The van der Waals surface area contributed by atoms with Gasteiger partial charge in [0, 0.05) is 18.0 Å². The quantitative estimate of drug-likeness (QED) is 0.877. The van der Waals surface area contributed by atoms with Gasteiger partial charge in [-0.2, -0.15) is 0 Å². The molecule has 0 saturated heterocycles. The van der Waals surface area contributed by atoms with Gasteiger partial charge in [-0.15, -0.1) is 0 Å². The van der Waals surface area contributed by atoms with Crippen LogP contribution in [0.5, 0.6) is 11.5 Å². The Morgan fingerprint density at radius 1 is 1.35 bits per heavy atom. The summed E-state index contributed by atoms with van der Waals surface area (Å²) in [6.45, 7) is 4.82. The third-order valence-electron chi connectivity index (χ3n) is 4.26. The maximum atomic E-state index is 9.74. The lowest BCUT2D eigenvalue weighted by atomic mass is 9.64. The van der Waals surface area contributed by atoms with Crippen molar-refractivity contribution in [3.8, 4) is 11.5 Å². The molecule has 5 heteroatoms. The van der Waals surface area contributed by atoms with E-state index >= 15 is 0 Å². The van der Waals surface area contributed by atoms with Crippen molar-refractivity contribution >= 4 is 11.6 Å². The van der Waals surface area contributed by atoms with E-state index in [1.165, 1.54) is 0 Å². The number of halogens is 1. The smallest absolute Gasteiger partial charge is 0.179 e. The molecular weight excluding hydrogens is 278 g/mol. The lowest BCUT2D eigenvalue weighted by molar-refractivity contribution is -0.0729. The van der Waals surface area contributed by atoms with Crippen LogP contribution in [0.25, 0.3) is 0 Å². The Hall–Kier alpha value is -0.970. The van der Waals surface area contributed by atoms with Crippen LogP contribution in [0.15, 0.2) is 12.1 Å². The molecule has 0 heterocycles. The van der Waals surface area contributed by atoms with E-state index in [1.54, 1.807) is 14.2 Å². The van der Waals surface area contributed by atoms with Crippen LogP contribution in [0.4, 0.5) is 0 Å². The fourth-order valence-corrected chi connectivity index (χ4v) is 2.87. The number of aliphatic hydroxyl groups excluding tert-OH is 1. The highest BCUT2D eigenvalue weighted by atomic mass is 35.5. The maximum Gasteiger partial charge on any atom is 0.179 e. The molecule has 1 aliphatic rings.